The molecule has 21 heavy (non-hydrogen) atoms. The summed E-state index contributed by atoms with van der Waals surface area (Å²) in [6.45, 7) is 1.81. The number of anilines is 1. The molecule has 2 rings (SSSR count). The van der Waals surface area contributed by atoms with E-state index >= 15 is 0 Å². The summed E-state index contributed by atoms with van der Waals surface area (Å²) in [6.07, 6.45) is 0. The van der Waals surface area contributed by atoms with Gasteiger partial charge in [0, 0.05) is 17.6 Å². The average Bonchev–Trinajstić information content (AvgIpc) is 2.89. The van der Waals surface area contributed by atoms with Crippen molar-refractivity contribution in [2.24, 2.45) is 0 Å². The van der Waals surface area contributed by atoms with E-state index in [1.807, 2.05) is 24.4 Å². The second-order valence-corrected chi connectivity index (χ2v) is 8.25. The summed E-state index contributed by atoms with van der Waals surface area (Å²) < 4.78 is 26.7. The lowest BCUT2D eigenvalue weighted by atomic mass is 10.3. The van der Waals surface area contributed by atoms with Gasteiger partial charge in [0.05, 0.1) is 16.1 Å². The van der Waals surface area contributed by atoms with Crippen molar-refractivity contribution in [3.05, 3.63) is 44.6 Å². The summed E-state index contributed by atoms with van der Waals surface area (Å²) in [4.78, 5) is 0.815. The van der Waals surface area contributed by atoms with Gasteiger partial charge in [0.2, 0.25) is 10.0 Å². The predicted molar refractivity (Wildman–Crippen MR) is 88.6 cm³/mol. The summed E-state index contributed by atoms with van der Waals surface area (Å²) in [6, 6.07) is 6.20. The Morgan fingerprint density at radius 1 is 1.29 bits per heavy atom. The van der Waals surface area contributed by atoms with Crippen LogP contribution in [-0.4, -0.2) is 19.8 Å². The van der Waals surface area contributed by atoms with E-state index in [-0.39, 0.29) is 21.0 Å². The van der Waals surface area contributed by atoms with Crippen LogP contribution in [0.15, 0.2) is 34.5 Å². The van der Waals surface area contributed by atoms with Gasteiger partial charge in [-0.2, -0.15) is 4.31 Å². The Kier molecular flexibility index (Phi) is 4.85. The fourth-order valence-electron chi connectivity index (χ4n) is 1.89. The van der Waals surface area contributed by atoms with E-state index in [1.54, 1.807) is 0 Å². The number of hydrogen-bond acceptors (Lipinski definition) is 4. The molecule has 0 saturated carbocycles. The highest BCUT2D eigenvalue weighted by molar-refractivity contribution is 7.89. The molecule has 2 aromatic rings. The Morgan fingerprint density at radius 3 is 2.33 bits per heavy atom. The van der Waals surface area contributed by atoms with Gasteiger partial charge >= 0.3 is 0 Å². The number of sulfonamides is 1. The zero-order valence-electron chi connectivity index (χ0n) is 11.4. The Morgan fingerprint density at radius 2 is 1.86 bits per heavy atom. The molecule has 2 N–H and O–H groups in total. The lowest BCUT2D eigenvalue weighted by Gasteiger charge is -2.24. The normalized spacial score (nSPS) is 13.6. The molecule has 4 nitrogen and oxygen atoms in total. The Bertz CT molecular complexity index is 723. The summed E-state index contributed by atoms with van der Waals surface area (Å²) in [5.41, 5.74) is 5.93. The summed E-state index contributed by atoms with van der Waals surface area (Å²) >= 11 is 13.5. The average molecular weight is 365 g/mol. The zero-order valence-corrected chi connectivity index (χ0v) is 14.5. The van der Waals surface area contributed by atoms with Crippen LogP contribution in [0.4, 0.5) is 5.69 Å². The SMILES string of the molecule is CC(c1cccs1)N(C)S(=O)(=O)c1c(Cl)cc(N)cc1Cl. The quantitative estimate of drug-likeness (QED) is 0.833. The predicted octanol–water partition coefficient (Wildman–Crippen LogP) is 4.02. The van der Waals surface area contributed by atoms with Gasteiger partial charge in [-0.15, -0.1) is 11.3 Å². The summed E-state index contributed by atoms with van der Waals surface area (Å²) in [5.74, 6) is 0. The van der Waals surface area contributed by atoms with Crippen LogP contribution in [0, 0.1) is 0 Å². The van der Waals surface area contributed by atoms with Crippen LogP contribution in [0.1, 0.15) is 17.8 Å². The molecule has 0 fully saturated rings. The second kappa shape index (κ2) is 6.14. The number of thiophene rings is 1. The van der Waals surface area contributed by atoms with Crippen LogP contribution in [0.5, 0.6) is 0 Å². The molecule has 0 radical (unpaired) electrons. The molecule has 1 unspecified atom stereocenters. The number of halogens is 2. The molecule has 0 aliphatic rings. The third kappa shape index (κ3) is 3.19. The highest BCUT2D eigenvalue weighted by Crippen LogP contribution is 2.36. The maximum Gasteiger partial charge on any atom is 0.246 e. The van der Waals surface area contributed by atoms with Crippen molar-refractivity contribution in [3.8, 4) is 0 Å². The van der Waals surface area contributed by atoms with E-state index < -0.39 is 10.0 Å². The van der Waals surface area contributed by atoms with Gasteiger partial charge < -0.3 is 5.73 Å². The van der Waals surface area contributed by atoms with E-state index in [9.17, 15) is 8.42 Å². The van der Waals surface area contributed by atoms with Gasteiger partial charge in [0.25, 0.3) is 0 Å². The van der Waals surface area contributed by atoms with Crippen molar-refractivity contribution < 1.29 is 8.42 Å². The van der Waals surface area contributed by atoms with Crippen LogP contribution in [0.3, 0.4) is 0 Å². The van der Waals surface area contributed by atoms with E-state index in [1.165, 1.54) is 34.8 Å². The van der Waals surface area contributed by atoms with Crippen LogP contribution in [0.25, 0.3) is 0 Å². The molecule has 8 heteroatoms. The number of rotatable bonds is 4. The van der Waals surface area contributed by atoms with Crippen molar-refractivity contribution in [1.29, 1.82) is 0 Å². The van der Waals surface area contributed by atoms with E-state index in [0.29, 0.717) is 5.69 Å². The maximum atomic E-state index is 12.7. The molecule has 1 heterocycles. The number of nitrogens with two attached hydrogens (primary N) is 1. The van der Waals surface area contributed by atoms with Gasteiger partial charge in [-0.3, -0.25) is 0 Å². The lowest BCUT2D eigenvalue weighted by Crippen LogP contribution is -2.29. The molecule has 0 saturated heterocycles. The van der Waals surface area contributed by atoms with Crippen molar-refractivity contribution >= 4 is 50.2 Å². The third-order valence-corrected chi connectivity index (χ3v) is 7.05. The molecule has 0 spiro atoms. The Labute approximate surface area is 138 Å². The van der Waals surface area contributed by atoms with Crippen molar-refractivity contribution in [3.63, 3.8) is 0 Å². The molecule has 0 bridgehead atoms. The summed E-state index contributed by atoms with van der Waals surface area (Å²) in [5, 5.41) is 1.94. The molecule has 0 aliphatic carbocycles. The molecule has 0 amide bonds. The maximum absolute atomic E-state index is 12.7. The van der Waals surface area contributed by atoms with Gasteiger partial charge in [-0.05, 0) is 30.5 Å². The minimum atomic E-state index is -3.82. The second-order valence-electron chi connectivity index (χ2n) is 4.53. The number of hydrogen-bond donors (Lipinski definition) is 1. The number of benzene rings is 1. The Hall–Kier alpha value is -0.790. The van der Waals surface area contributed by atoms with Crippen molar-refractivity contribution in [2.45, 2.75) is 17.9 Å². The third-order valence-electron chi connectivity index (χ3n) is 3.16. The first-order valence-electron chi connectivity index (χ1n) is 6.01. The van der Waals surface area contributed by atoms with Crippen molar-refractivity contribution in [1.82, 2.24) is 4.31 Å². The topological polar surface area (TPSA) is 63.4 Å². The van der Waals surface area contributed by atoms with E-state index in [4.69, 9.17) is 28.9 Å². The van der Waals surface area contributed by atoms with E-state index in [0.717, 1.165) is 4.88 Å². The largest absolute Gasteiger partial charge is 0.399 e. The fraction of sp³-hybridized carbons (Fsp3) is 0.231. The fourth-order valence-corrected chi connectivity index (χ4v) is 5.30. The van der Waals surface area contributed by atoms with Gasteiger partial charge in [0.1, 0.15) is 4.90 Å². The molecule has 1 aromatic carbocycles. The zero-order chi connectivity index (χ0) is 15.8. The molecule has 1 aromatic heterocycles. The first kappa shape index (κ1) is 16.6. The molecule has 1 atom stereocenters. The molecule has 0 aliphatic heterocycles. The monoisotopic (exact) mass is 364 g/mol. The number of nitrogens with zero attached hydrogens (tertiary/aromatic N) is 1. The van der Waals surface area contributed by atoms with E-state index in [2.05, 4.69) is 0 Å². The van der Waals surface area contributed by atoms with Crippen molar-refractivity contribution in [2.75, 3.05) is 12.8 Å². The van der Waals surface area contributed by atoms with Crippen LogP contribution in [0.2, 0.25) is 10.0 Å². The summed E-state index contributed by atoms with van der Waals surface area (Å²) in [7, 11) is -2.32. The van der Waals surface area contributed by atoms with Gasteiger partial charge in [-0.25, -0.2) is 8.42 Å². The van der Waals surface area contributed by atoms with Crippen LogP contribution >= 0.6 is 34.5 Å². The minimum absolute atomic E-state index is 0.0187. The van der Waals surface area contributed by atoms with Crippen LogP contribution < -0.4 is 5.73 Å². The number of nitrogen functional groups attached to an aromatic ring is 1. The standard InChI is InChI=1S/C13H14Cl2N2O2S2/c1-8(12-4-3-5-20-12)17(2)21(18,19)13-10(14)6-9(16)7-11(13)15/h3-8H,16H2,1-2H3. The van der Waals surface area contributed by atoms with Crippen LogP contribution in [-0.2, 0) is 10.0 Å². The molecular formula is C13H14Cl2N2O2S2. The first-order valence-corrected chi connectivity index (χ1v) is 9.08. The van der Waals surface area contributed by atoms with Gasteiger partial charge in [-0.1, -0.05) is 29.3 Å². The molecule has 114 valence electrons. The first-order chi connectivity index (χ1) is 9.75. The smallest absolute Gasteiger partial charge is 0.246 e. The Balaban J connectivity index is 2.47. The minimum Gasteiger partial charge on any atom is -0.399 e. The molecular weight excluding hydrogens is 351 g/mol. The highest BCUT2D eigenvalue weighted by Gasteiger charge is 2.31. The van der Waals surface area contributed by atoms with Gasteiger partial charge in [0.15, 0.2) is 0 Å². The lowest BCUT2D eigenvalue weighted by molar-refractivity contribution is 0.403. The highest BCUT2D eigenvalue weighted by atomic mass is 35.5.